The van der Waals surface area contributed by atoms with E-state index < -0.39 is 36.3 Å². The molecule has 25 heavy (non-hydrogen) atoms. The van der Waals surface area contributed by atoms with E-state index in [1.54, 1.807) is 0 Å². The molecular formula is C19H16O6. The largest absolute Gasteiger partial charge is 0.481 e. The molecule has 2 rings (SSSR count). The second-order valence-electron chi connectivity index (χ2n) is 5.57. The molecule has 0 amide bonds. The Bertz CT molecular complexity index is 777. The van der Waals surface area contributed by atoms with E-state index in [2.05, 4.69) is 0 Å². The molecule has 0 heterocycles. The van der Waals surface area contributed by atoms with Gasteiger partial charge in [-0.3, -0.25) is 19.2 Å². The van der Waals surface area contributed by atoms with Gasteiger partial charge in [0.15, 0.2) is 11.6 Å². The summed E-state index contributed by atoms with van der Waals surface area (Å²) in [6.07, 6.45) is -0.953. The van der Waals surface area contributed by atoms with Crippen molar-refractivity contribution >= 4 is 23.5 Å². The maximum atomic E-state index is 12.0. The van der Waals surface area contributed by atoms with Crippen molar-refractivity contribution in [2.75, 3.05) is 0 Å². The molecule has 0 saturated carbocycles. The van der Waals surface area contributed by atoms with Crippen LogP contribution in [0.4, 0.5) is 0 Å². The number of hydrogen-bond acceptors (Lipinski definition) is 4. The van der Waals surface area contributed by atoms with Gasteiger partial charge in [-0.2, -0.15) is 0 Å². The maximum absolute atomic E-state index is 12.0. The maximum Gasteiger partial charge on any atom is 0.311 e. The van der Waals surface area contributed by atoms with Crippen LogP contribution in [0.15, 0.2) is 48.5 Å². The normalized spacial score (nSPS) is 10.2. The Morgan fingerprint density at radius 3 is 1.60 bits per heavy atom. The number of ketones is 2. The highest BCUT2D eigenvalue weighted by Crippen LogP contribution is 2.17. The zero-order valence-corrected chi connectivity index (χ0v) is 13.3. The predicted molar refractivity (Wildman–Crippen MR) is 88.9 cm³/mol. The van der Waals surface area contributed by atoms with E-state index in [4.69, 9.17) is 10.2 Å². The highest BCUT2D eigenvalue weighted by molar-refractivity contribution is 6.09. The lowest BCUT2D eigenvalue weighted by atomic mass is 9.95. The van der Waals surface area contributed by atoms with Gasteiger partial charge >= 0.3 is 11.9 Å². The van der Waals surface area contributed by atoms with Gasteiger partial charge < -0.3 is 10.2 Å². The summed E-state index contributed by atoms with van der Waals surface area (Å²) in [6, 6.07) is 13.7. The van der Waals surface area contributed by atoms with Crippen LogP contribution in [-0.4, -0.2) is 33.7 Å². The average molecular weight is 340 g/mol. The van der Waals surface area contributed by atoms with E-state index in [1.165, 1.54) is 18.2 Å². The minimum Gasteiger partial charge on any atom is -0.481 e. The molecule has 0 bridgehead atoms. The van der Waals surface area contributed by atoms with Crippen LogP contribution in [0.5, 0.6) is 0 Å². The molecule has 2 aromatic carbocycles. The fourth-order valence-electron chi connectivity index (χ4n) is 2.43. The lowest BCUT2D eigenvalue weighted by Crippen LogP contribution is -2.11. The summed E-state index contributed by atoms with van der Waals surface area (Å²) in [5.74, 6) is -3.80. The van der Waals surface area contributed by atoms with Gasteiger partial charge in [0.25, 0.3) is 0 Å². The number of carbonyl (C=O) groups excluding carboxylic acids is 2. The van der Waals surface area contributed by atoms with Gasteiger partial charge in [-0.15, -0.1) is 0 Å². The quantitative estimate of drug-likeness (QED) is 0.565. The van der Waals surface area contributed by atoms with Crippen molar-refractivity contribution in [3.05, 3.63) is 70.8 Å². The minimum absolute atomic E-state index is 0.0876. The number of rotatable bonds is 8. The monoisotopic (exact) mass is 340 g/mol. The van der Waals surface area contributed by atoms with E-state index in [-0.39, 0.29) is 11.1 Å². The molecule has 0 radical (unpaired) electrons. The van der Waals surface area contributed by atoms with Crippen molar-refractivity contribution in [1.82, 2.24) is 0 Å². The third-order valence-corrected chi connectivity index (χ3v) is 3.51. The van der Waals surface area contributed by atoms with Crippen molar-refractivity contribution < 1.29 is 29.4 Å². The Labute approximate surface area is 143 Å². The molecule has 0 aliphatic carbocycles. The molecule has 0 aliphatic rings. The Morgan fingerprint density at radius 1 is 0.680 bits per heavy atom. The molecule has 128 valence electrons. The SMILES string of the molecule is O=C(O)CC(=O)c1cc(Cc2ccccc2)cc(C(=O)CC(=O)O)c1. The third kappa shape index (κ3) is 5.39. The van der Waals surface area contributed by atoms with Crippen LogP contribution in [0, 0.1) is 0 Å². The molecule has 0 saturated heterocycles. The zero-order chi connectivity index (χ0) is 18.4. The van der Waals surface area contributed by atoms with Gasteiger partial charge in [-0.1, -0.05) is 30.3 Å². The molecule has 0 fully saturated rings. The highest BCUT2D eigenvalue weighted by atomic mass is 16.4. The van der Waals surface area contributed by atoms with E-state index in [1.807, 2.05) is 30.3 Å². The van der Waals surface area contributed by atoms with Crippen LogP contribution in [0.2, 0.25) is 0 Å². The first-order chi connectivity index (χ1) is 11.8. The Balaban J connectivity index is 2.40. The Morgan fingerprint density at radius 2 is 1.16 bits per heavy atom. The van der Waals surface area contributed by atoms with Gasteiger partial charge in [0.05, 0.1) is 0 Å². The minimum atomic E-state index is -1.27. The van der Waals surface area contributed by atoms with Crippen LogP contribution >= 0.6 is 0 Å². The number of hydrogen-bond donors (Lipinski definition) is 2. The summed E-state index contributed by atoms with van der Waals surface area (Å²) in [5.41, 5.74) is 1.76. The van der Waals surface area contributed by atoms with E-state index in [0.29, 0.717) is 12.0 Å². The highest BCUT2D eigenvalue weighted by Gasteiger charge is 2.17. The lowest BCUT2D eigenvalue weighted by Gasteiger charge is -2.08. The molecule has 0 atom stereocenters. The fourth-order valence-corrected chi connectivity index (χ4v) is 2.43. The first-order valence-corrected chi connectivity index (χ1v) is 7.53. The molecular weight excluding hydrogens is 324 g/mol. The number of carboxylic acid groups (broad SMARTS) is 2. The van der Waals surface area contributed by atoms with Crippen LogP contribution in [-0.2, 0) is 16.0 Å². The molecule has 0 unspecified atom stereocenters. The fraction of sp³-hybridized carbons (Fsp3) is 0.158. The van der Waals surface area contributed by atoms with E-state index in [0.717, 1.165) is 5.56 Å². The predicted octanol–water partition coefficient (Wildman–Crippen LogP) is 2.59. The second-order valence-corrected chi connectivity index (χ2v) is 5.57. The first-order valence-electron chi connectivity index (χ1n) is 7.53. The molecule has 6 nitrogen and oxygen atoms in total. The van der Waals surface area contributed by atoms with Crippen LogP contribution in [0.3, 0.4) is 0 Å². The Hall–Kier alpha value is -3.28. The van der Waals surface area contributed by atoms with Crippen molar-refractivity contribution in [1.29, 1.82) is 0 Å². The molecule has 2 aromatic rings. The smallest absolute Gasteiger partial charge is 0.311 e. The average Bonchev–Trinajstić information content (AvgIpc) is 2.54. The molecule has 0 aliphatic heterocycles. The van der Waals surface area contributed by atoms with Crippen LogP contribution in [0.1, 0.15) is 44.7 Å². The van der Waals surface area contributed by atoms with Crippen molar-refractivity contribution in [3.63, 3.8) is 0 Å². The zero-order valence-electron chi connectivity index (χ0n) is 13.3. The summed E-state index contributed by atoms with van der Waals surface area (Å²) < 4.78 is 0. The van der Waals surface area contributed by atoms with Crippen LogP contribution < -0.4 is 0 Å². The summed E-state index contributed by atoms with van der Waals surface area (Å²) in [4.78, 5) is 45.6. The molecule has 0 spiro atoms. The summed E-state index contributed by atoms with van der Waals surface area (Å²) in [5, 5.41) is 17.6. The molecule has 0 aromatic heterocycles. The van der Waals surface area contributed by atoms with Gasteiger partial charge in [0.1, 0.15) is 12.8 Å². The van der Waals surface area contributed by atoms with Crippen molar-refractivity contribution in [3.8, 4) is 0 Å². The summed E-state index contributed by atoms with van der Waals surface area (Å²) in [6.45, 7) is 0. The molecule has 6 heteroatoms. The lowest BCUT2D eigenvalue weighted by molar-refractivity contribution is -0.137. The number of Topliss-reactive ketones (excluding diaryl/α,β-unsaturated/α-hetero) is 2. The first kappa shape index (κ1) is 18.1. The van der Waals surface area contributed by atoms with E-state index in [9.17, 15) is 19.2 Å². The number of carbonyl (C=O) groups is 4. The van der Waals surface area contributed by atoms with Crippen LogP contribution in [0.25, 0.3) is 0 Å². The summed E-state index contributed by atoms with van der Waals surface area (Å²) >= 11 is 0. The van der Waals surface area contributed by atoms with Crippen molar-refractivity contribution in [2.45, 2.75) is 19.3 Å². The topological polar surface area (TPSA) is 109 Å². The molecule has 2 N–H and O–H groups in total. The second kappa shape index (κ2) is 8.01. The van der Waals surface area contributed by atoms with E-state index >= 15 is 0 Å². The number of benzene rings is 2. The van der Waals surface area contributed by atoms with Gasteiger partial charge in [-0.25, -0.2) is 0 Å². The third-order valence-electron chi connectivity index (χ3n) is 3.51. The standard InChI is InChI=1S/C19H16O6/c20-16(10-18(22)23)14-7-13(6-12-4-2-1-3-5-12)8-15(9-14)17(21)11-19(24)25/h1-5,7-9H,6,10-11H2,(H,22,23)(H,24,25). The van der Waals surface area contributed by atoms with Crippen molar-refractivity contribution in [2.24, 2.45) is 0 Å². The number of carboxylic acids is 2. The van der Waals surface area contributed by atoms with Gasteiger partial charge in [0, 0.05) is 11.1 Å². The van der Waals surface area contributed by atoms with Gasteiger partial charge in [-0.05, 0) is 35.7 Å². The Kier molecular flexibility index (Phi) is 5.79. The number of aliphatic carboxylic acids is 2. The summed E-state index contributed by atoms with van der Waals surface area (Å²) in [7, 11) is 0. The van der Waals surface area contributed by atoms with Gasteiger partial charge in [0.2, 0.25) is 0 Å².